The number of amides is 1. The van der Waals surface area contributed by atoms with E-state index in [1.165, 1.54) is 23.5 Å². The van der Waals surface area contributed by atoms with E-state index in [2.05, 4.69) is 5.32 Å². The zero-order chi connectivity index (χ0) is 14.7. The first kappa shape index (κ1) is 14.3. The van der Waals surface area contributed by atoms with Crippen molar-refractivity contribution >= 4 is 28.9 Å². The summed E-state index contributed by atoms with van der Waals surface area (Å²) < 4.78 is 0. The standard InChI is InChI=1S/C15H15NO3S/c1-3-10-6-7-20-13(10)14(17)16-12-8-11(15(18)19)5-4-9(12)2/h4-8H,3H2,1-2H3,(H,16,17)(H,18,19). The van der Waals surface area contributed by atoms with Gasteiger partial charge in [0.15, 0.2) is 0 Å². The first-order valence-electron chi connectivity index (χ1n) is 6.24. The summed E-state index contributed by atoms with van der Waals surface area (Å²) in [7, 11) is 0. The minimum Gasteiger partial charge on any atom is -0.478 e. The summed E-state index contributed by atoms with van der Waals surface area (Å²) in [5.41, 5.74) is 2.52. The maximum atomic E-state index is 12.2. The molecule has 2 aromatic rings. The Labute approximate surface area is 121 Å². The summed E-state index contributed by atoms with van der Waals surface area (Å²) in [5.74, 6) is -1.20. The van der Waals surface area contributed by atoms with Gasteiger partial charge in [0.05, 0.1) is 10.4 Å². The third-order valence-corrected chi connectivity index (χ3v) is 4.02. The molecule has 104 valence electrons. The van der Waals surface area contributed by atoms with Crippen molar-refractivity contribution in [3.8, 4) is 0 Å². The largest absolute Gasteiger partial charge is 0.478 e. The van der Waals surface area contributed by atoms with Crippen molar-refractivity contribution < 1.29 is 14.7 Å². The van der Waals surface area contributed by atoms with Gasteiger partial charge in [-0.15, -0.1) is 11.3 Å². The van der Waals surface area contributed by atoms with Crippen LogP contribution in [0.1, 0.15) is 38.1 Å². The summed E-state index contributed by atoms with van der Waals surface area (Å²) in [4.78, 5) is 23.9. The summed E-state index contributed by atoms with van der Waals surface area (Å²) in [6.45, 7) is 3.82. The molecular formula is C15H15NO3S. The highest BCUT2D eigenvalue weighted by atomic mass is 32.1. The summed E-state index contributed by atoms with van der Waals surface area (Å²) >= 11 is 1.39. The van der Waals surface area contributed by atoms with Gasteiger partial charge >= 0.3 is 5.97 Å². The van der Waals surface area contributed by atoms with E-state index in [9.17, 15) is 9.59 Å². The van der Waals surface area contributed by atoms with Gasteiger partial charge in [-0.3, -0.25) is 4.79 Å². The lowest BCUT2D eigenvalue weighted by molar-refractivity contribution is 0.0696. The highest BCUT2D eigenvalue weighted by Gasteiger charge is 2.14. The predicted molar refractivity (Wildman–Crippen MR) is 79.8 cm³/mol. The molecule has 0 aliphatic carbocycles. The second-order valence-electron chi connectivity index (χ2n) is 4.42. The highest BCUT2D eigenvalue weighted by Crippen LogP contribution is 2.22. The topological polar surface area (TPSA) is 66.4 Å². The monoisotopic (exact) mass is 289 g/mol. The zero-order valence-corrected chi connectivity index (χ0v) is 12.1. The van der Waals surface area contributed by atoms with Crippen LogP contribution in [0.25, 0.3) is 0 Å². The molecule has 0 unspecified atom stereocenters. The highest BCUT2D eigenvalue weighted by molar-refractivity contribution is 7.12. The van der Waals surface area contributed by atoms with Crippen molar-refractivity contribution in [1.29, 1.82) is 0 Å². The fourth-order valence-corrected chi connectivity index (χ4v) is 2.77. The van der Waals surface area contributed by atoms with E-state index >= 15 is 0 Å². The second kappa shape index (κ2) is 5.88. The normalized spacial score (nSPS) is 10.3. The van der Waals surface area contributed by atoms with Crippen LogP contribution in [0.2, 0.25) is 0 Å². The molecule has 0 fully saturated rings. The van der Waals surface area contributed by atoms with E-state index in [0.717, 1.165) is 17.5 Å². The Morgan fingerprint density at radius 1 is 1.30 bits per heavy atom. The fraction of sp³-hybridized carbons (Fsp3) is 0.200. The third-order valence-electron chi connectivity index (χ3n) is 3.07. The molecule has 0 saturated heterocycles. The molecule has 20 heavy (non-hydrogen) atoms. The van der Waals surface area contributed by atoms with Gasteiger partial charge in [-0.25, -0.2) is 4.79 Å². The van der Waals surface area contributed by atoms with Crippen LogP contribution in [-0.2, 0) is 6.42 Å². The minimum absolute atomic E-state index is 0.160. The number of aryl methyl sites for hydroxylation is 2. The SMILES string of the molecule is CCc1ccsc1C(=O)Nc1cc(C(=O)O)ccc1C. The van der Waals surface area contributed by atoms with Crippen LogP contribution in [0.5, 0.6) is 0 Å². The Morgan fingerprint density at radius 2 is 2.05 bits per heavy atom. The molecule has 0 bridgehead atoms. The number of carbonyl (C=O) groups excluding carboxylic acids is 1. The molecular weight excluding hydrogens is 274 g/mol. The van der Waals surface area contributed by atoms with Crippen molar-refractivity contribution in [3.05, 3.63) is 51.2 Å². The fourth-order valence-electron chi connectivity index (χ4n) is 1.88. The van der Waals surface area contributed by atoms with Gasteiger partial charge < -0.3 is 10.4 Å². The Kier molecular flexibility index (Phi) is 4.20. The van der Waals surface area contributed by atoms with Gasteiger partial charge in [-0.2, -0.15) is 0 Å². The van der Waals surface area contributed by atoms with E-state index < -0.39 is 5.97 Å². The number of nitrogens with one attached hydrogen (secondary N) is 1. The summed E-state index contributed by atoms with van der Waals surface area (Å²) in [6.07, 6.45) is 0.792. The van der Waals surface area contributed by atoms with Gasteiger partial charge in [0, 0.05) is 5.69 Å². The Balaban J connectivity index is 2.28. The average molecular weight is 289 g/mol. The molecule has 0 saturated carbocycles. The van der Waals surface area contributed by atoms with Crippen LogP contribution in [0.4, 0.5) is 5.69 Å². The Hall–Kier alpha value is -2.14. The van der Waals surface area contributed by atoms with E-state index in [1.807, 2.05) is 25.3 Å². The predicted octanol–water partition coefficient (Wildman–Crippen LogP) is 3.57. The molecule has 0 radical (unpaired) electrons. The molecule has 1 aromatic carbocycles. The van der Waals surface area contributed by atoms with Crippen LogP contribution in [0, 0.1) is 6.92 Å². The number of thiophene rings is 1. The molecule has 0 atom stereocenters. The molecule has 1 heterocycles. The lowest BCUT2D eigenvalue weighted by Gasteiger charge is -2.09. The third kappa shape index (κ3) is 2.88. The molecule has 1 amide bonds. The minimum atomic E-state index is -1.01. The van der Waals surface area contributed by atoms with E-state index in [-0.39, 0.29) is 11.5 Å². The number of hydrogen-bond donors (Lipinski definition) is 2. The number of benzene rings is 1. The van der Waals surface area contributed by atoms with Gasteiger partial charge in [0.25, 0.3) is 5.91 Å². The van der Waals surface area contributed by atoms with Crippen molar-refractivity contribution in [1.82, 2.24) is 0 Å². The van der Waals surface area contributed by atoms with Crippen molar-refractivity contribution in [2.24, 2.45) is 0 Å². The second-order valence-corrected chi connectivity index (χ2v) is 5.33. The number of carboxylic acids is 1. The first-order chi connectivity index (χ1) is 9.52. The van der Waals surface area contributed by atoms with Crippen LogP contribution < -0.4 is 5.32 Å². The van der Waals surface area contributed by atoms with E-state index in [4.69, 9.17) is 5.11 Å². The van der Waals surface area contributed by atoms with E-state index in [0.29, 0.717) is 10.6 Å². The Morgan fingerprint density at radius 3 is 2.70 bits per heavy atom. The molecule has 0 spiro atoms. The maximum absolute atomic E-state index is 12.2. The summed E-state index contributed by atoms with van der Waals surface area (Å²) in [5, 5.41) is 13.7. The Bertz CT molecular complexity index is 661. The molecule has 2 N–H and O–H groups in total. The number of carboxylic acid groups (broad SMARTS) is 1. The number of carbonyl (C=O) groups is 2. The van der Waals surface area contributed by atoms with Gasteiger partial charge in [0.2, 0.25) is 0 Å². The van der Waals surface area contributed by atoms with Crippen LogP contribution in [0.3, 0.4) is 0 Å². The van der Waals surface area contributed by atoms with Crippen LogP contribution in [-0.4, -0.2) is 17.0 Å². The van der Waals surface area contributed by atoms with Crippen molar-refractivity contribution in [2.45, 2.75) is 20.3 Å². The van der Waals surface area contributed by atoms with Crippen LogP contribution in [0.15, 0.2) is 29.6 Å². The molecule has 5 heteroatoms. The lowest BCUT2D eigenvalue weighted by atomic mass is 10.1. The quantitative estimate of drug-likeness (QED) is 0.904. The molecule has 0 aliphatic heterocycles. The van der Waals surface area contributed by atoms with E-state index in [1.54, 1.807) is 6.07 Å². The van der Waals surface area contributed by atoms with Gasteiger partial charge in [-0.1, -0.05) is 13.0 Å². The smallest absolute Gasteiger partial charge is 0.335 e. The average Bonchev–Trinajstić information content (AvgIpc) is 2.89. The lowest BCUT2D eigenvalue weighted by Crippen LogP contribution is -2.13. The summed E-state index contributed by atoms with van der Waals surface area (Å²) in [6, 6.07) is 6.62. The van der Waals surface area contributed by atoms with Gasteiger partial charge in [-0.05, 0) is 48.1 Å². The van der Waals surface area contributed by atoms with Gasteiger partial charge in [0.1, 0.15) is 0 Å². The van der Waals surface area contributed by atoms with Crippen molar-refractivity contribution in [2.75, 3.05) is 5.32 Å². The number of rotatable bonds is 4. The number of anilines is 1. The van der Waals surface area contributed by atoms with Crippen LogP contribution >= 0.6 is 11.3 Å². The number of hydrogen-bond acceptors (Lipinski definition) is 3. The molecule has 0 aliphatic rings. The zero-order valence-electron chi connectivity index (χ0n) is 11.3. The van der Waals surface area contributed by atoms with Crippen molar-refractivity contribution in [3.63, 3.8) is 0 Å². The molecule has 2 rings (SSSR count). The molecule has 1 aromatic heterocycles. The molecule has 4 nitrogen and oxygen atoms in total. The first-order valence-corrected chi connectivity index (χ1v) is 7.12. The maximum Gasteiger partial charge on any atom is 0.335 e. The number of aromatic carboxylic acids is 1.